The number of carbonyl (C=O) groups excluding carboxylic acids is 1. The Balaban J connectivity index is 1.59. The Morgan fingerprint density at radius 1 is 1.08 bits per heavy atom. The van der Waals surface area contributed by atoms with E-state index in [-0.39, 0.29) is 11.7 Å². The minimum absolute atomic E-state index is 0.137. The minimum Gasteiger partial charge on any atom is -0.378 e. The van der Waals surface area contributed by atoms with Crippen molar-refractivity contribution in [1.29, 1.82) is 0 Å². The van der Waals surface area contributed by atoms with Gasteiger partial charge in [-0.25, -0.2) is 4.39 Å². The molecule has 0 spiro atoms. The van der Waals surface area contributed by atoms with E-state index in [1.54, 1.807) is 4.90 Å². The van der Waals surface area contributed by atoms with Crippen LogP contribution in [0.25, 0.3) is 0 Å². The van der Waals surface area contributed by atoms with E-state index in [0.717, 1.165) is 56.0 Å². The minimum atomic E-state index is -0.307. The van der Waals surface area contributed by atoms with Crippen LogP contribution in [0.4, 0.5) is 15.8 Å². The van der Waals surface area contributed by atoms with Gasteiger partial charge in [-0.1, -0.05) is 6.07 Å². The van der Waals surface area contributed by atoms with Gasteiger partial charge in [0.15, 0.2) is 0 Å². The van der Waals surface area contributed by atoms with E-state index >= 15 is 0 Å². The summed E-state index contributed by atoms with van der Waals surface area (Å²) in [7, 11) is 0. The smallest absolute Gasteiger partial charge is 0.258 e. The number of hydrogen-bond acceptors (Lipinski definition) is 3. The van der Waals surface area contributed by atoms with Gasteiger partial charge in [0.2, 0.25) is 0 Å². The van der Waals surface area contributed by atoms with Crippen molar-refractivity contribution in [3.05, 3.63) is 58.9 Å². The monoisotopic (exact) mass is 354 g/mol. The summed E-state index contributed by atoms with van der Waals surface area (Å²) in [5.41, 5.74) is 3.95. The van der Waals surface area contributed by atoms with Crippen molar-refractivity contribution in [3.8, 4) is 0 Å². The molecule has 1 saturated heterocycles. The highest BCUT2D eigenvalue weighted by atomic mass is 19.1. The number of hydrogen-bond donors (Lipinski definition) is 0. The molecule has 0 saturated carbocycles. The van der Waals surface area contributed by atoms with Crippen molar-refractivity contribution in [2.24, 2.45) is 0 Å². The summed E-state index contributed by atoms with van der Waals surface area (Å²) in [6, 6.07) is 11.1. The average molecular weight is 354 g/mol. The van der Waals surface area contributed by atoms with Crippen LogP contribution in [0.3, 0.4) is 0 Å². The highest BCUT2D eigenvalue weighted by molar-refractivity contribution is 6.07. The lowest BCUT2D eigenvalue weighted by atomic mass is 9.98. The maximum Gasteiger partial charge on any atom is 0.258 e. The van der Waals surface area contributed by atoms with E-state index in [9.17, 15) is 9.18 Å². The van der Waals surface area contributed by atoms with Crippen molar-refractivity contribution in [2.45, 2.75) is 19.8 Å². The first-order valence-corrected chi connectivity index (χ1v) is 9.17. The van der Waals surface area contributed by atoms with Gasteiger partial charge in [-0.2, -0.15) is 0 Å². The van der Waals surface area contributed by atoms with Crippen LogP contribution >= 0.6 is 0 Å². The average Bonchev–Trinajstić information content (AvgIpc) is 2.67. The van der Waals surface area contributed by atoms with Gasteiger partial charge in [0.1, 0.15) is 5.82 Å². The molecule has 26 heavy (non-hydrogen) atoms. The largest absolute Gasteiger partial charge is 0.378 e. The van der Waals surface area contributed by atoms with Crippen molar-refractivity contribution in [3.63, 3.8) is 0 Å². The Morgan fingerprint density at radius 3 is 2.54 bits per heavy atom. The van der Waals surface area contributed by atoms with E-state index in [0.29, 0.717) is 17.8 Å². The molecule has 0 unspecified atom stereocenters. The molecule has 4 rings (SSSR count). The van der Waals surface area contributed by atoms with Crippen LogP contribution in [-0.4, -0.2) is 38.8 Å². The quantitative estimate of drug-likeness (QED) is 0.827. The van der Waals surface area contributed by atoms with E-state index in [2.05, 4.69) is 4.90 Å². The van der Waals surface area contributed by atoms with Gasteiger partial charge >= 0.3 is 0 Å². The summed E-state index contributed by atoms with van der Waals surface area (Å²) in [6.45, 7) is 5.61. The van der Waals surface area contributed by atoms with Gasteiger partial charge in [0, 0.05) is 30.9 Å². The zero-order valence-electron chi connectivity index (χ0n) is 15.0. The molecule has 0 aromatic heterocycles. The van der Waals surface area contributed by atoms with Gasteiger partial charge < -0.3 is 14.5 Å². The third-order valence-electron chi connectivity index (χ3n) is 5.12. The second-order valence-electron chi connectivity index (χ2n) is 6.96. The molecular formula is C21H23FN2O2. The van der Waals surface area contributed by atoms with E-state index < -0.39 is 0 Å². The molecule has 4 nitrogen and oxygen atoms in total. The zero-order chi connectivity index (χ0) is 18.1. The van der Waals surface area contributed by atoms with Gasteiger partial charge in [-0.15, -0.1) is 0 Å². The summed E-state index contributed by atoms with van der Waals surface area (Å²) >= 11 is 0. The molecule has 2 aliphatic rings. The van der Waals surface area contributed by atoms with Crippen LogP contribution < -0.4 is 9.80 Å². The molecule has 2 heterocycles. The standard InChI is InChI=1S/C21H23FN2O2/c1-15-13-17-3-2-8-24(20(17)19(22)14-15)21(25)16-4-6-18(7-5-16)23-9-11-26-12-10-23/h4-7,13-14H,2-3,8-12H2,1H3. The van der Waals surface area contributed by atoms with Crippen LogP contribution in [0.5, 0.6) is 0 Å². The molecule has 0 bridgehead atoms. The number of ether oxygens (including phenoxy) is 1. The normalized spacial score (nSPS) is 17.2. The molecule has 136 valence electrons. The highest BCUT2D eigenvalue weighted by Gasteiger charge is 2.27. The van der Waals surface area contributed by atoms with Gasteiger partial charge in [-0.3, -0.25) is 4.79 Å². The zero-order valence-corrected chi connectivity index (χ0v) is 15.0. The van der Waals surface area contributed by atoms with Crippen molar-refractivity contribution in [2.75, 3.05) is 42.6 Å². The SMILES string of the molecule is Cc1cc(F)c2c(c1)CCCN2C(=O)c1ccc(N2CCOCC2)cc1. The van der Waals surface area contributed by atoms with E-state index in [1.165, 1.54) is 6.07 Å². The molecular weight excluding hydrogens is 331 g/mol. The summed E-state index contributed by atoms with van der Waals surface area (Å²) < 4.78 is 19.9. The predicted octanol–water partition coefficient (Wildman–Crippen LogP) is 3.56. The topological polar surface area (TPSA) is 32.8 Å². The molecule has 2 aromatic rings. The molecule has 0 N–H and O–H groups in total. The molecule has 5 heteroatoms. The molecule has 1 fully saturated rings. The summed E-state index contributed by atoms with van der Waals surface area (Å²) in [6.07, 6.45) is 1.67. The number of nitrogens with zero attached hydrogens (tertiary/aromatic N) is 2. The third kappa shape index (κ3) is 3.19. The second-order valence-corrected chi connectivity index (χ2v) is 6.96. The van der Waals surface area contributed by atoms with Gasteiger partial charge in [0.25, 0.3) is 5.91 Å². The lowest BCUT2D eigenvalue weighted by Gasteiger charge is -2.31. The Hall–Kier alpha value is -2.40. The fraction of sp³-hybridized carbons (Fsp3) is 0.381. The predicted molar refractivity (Wildman–Crippen MR) is 101 cm³/mol. The van der Waals surface area contributed by atoms with Crippen LogP contribution in [0.1, 0.15) is 27.9 Å². The van der Waals surface area contributed by atoms with Gasteiger partial charge in [-0.05, 0) is 61.2 Å². The number of benzene rings is 2. The Kier molecular flexibility index (Phi) is 4.64. The first kappa shape index (κ1) is 17.0. The van der Waals surface area contributed by atoms with E-state index in [1.807, 2.05) is 37.3 Å². The number of carbonyl (C=O) groups is 1. The number of halogens is 1. The Morgan fingerprint density at radius 2 is 1.81 bits per heavy atom. The fourth-order valence-corrected chi connectivity index (χ4v) is 3.83. The Bertz CT molecular complexity index is 814. The van der Waals surface area contributed by atoms with Crippen LogP contribution in [0.15, 0.2) is 36.4 Å². The lowest BCUT2D eigenvalue weighted by molar-refractivity contribution is 0.0984. The first-order chi connectivity index (χ1) is 12.6. The number of rotatable bonds is 2. The summed E-state index contributed by atoms with van der Waals surface area (Å²) in [4.78, 5) is 16.9. The molecule has 0 aliphatic carbocycles. The Labute approximate surface area is 153 Å². The number of anilines is 2. The van der Waals surface area contributed by atoms with Crippen molar-refractivity contribution < 1.29 is 13.9 Å². The van der Waals surface area contributed by atoms with Crippen LogP contribution in [-0.2, 0) is 11.2 Å². The molecule has 0 atom stereocenters. The number of amides is 1. The first-order valence-electron chi connectivity index (χ1n) is 9.17. The fourth-order valence-electron chi connectivity index (χ4n) is 3.83. The van der Waals surface area contributed by atoms with Crippen LogP contribution in [0, 0.1) is 12.7 Å². The molecule has 0 radical (unpaired) electrons. The number of morpholine rings is 1. The molecule has 2 aliphatic heterocycles. The van der Waals surface area contributed by atoms with Crippen molar-refractivity contribution in [1.82, 2.24) is 0 Å². The van der Waals surface area contributed by atoms with E-state index in [4.69, 9.17) is 4.74 Å². The maximum atomic E-state index is 14.6. The summed E-state index contributed by atoms with van der Waals surface area (Å²) in [5, 5.41) is 0. The van der Waals surface area contributed by atoms with Crippen molar-refractivity contribution >= 4 is 17.3 Å². The van der Waals surface area contributed by atoms with Gasteiger partial charge in [0.05, 0.1) is 18.9 Å². The molecule has 2 aromatic carbocycles. The maximum absolute atomic E-state index is 14.6. The molecule has 1 amide bonds. The number of aryl methyl sites for hydroxylation is 2. The van der Waals surface area contributed by atoms with Crippen LogP contribution in [0.2, 0.25) is 0 Å². The second kappa shape index (κ2) is 7.08. The highest BCUT2D eigenvalue weighted by Crippen LogP contribution is 2.32. The summed E-state index contributed by atoms with van der Waals surface area (Å²) in [5.74, 6) is -0.444. The number of fused-ring (bicyclic) bond motifs is 1. The lowest BCUT2D eigenvalue weighted by Crippen LogP contribution is -2.37. The third-order valence-corrected chi connectivity index (χ3v) is 5.12.